The van der Waals surface area contributed by atoms with Crippen molar-refractivity contribution >= 4 is 5.97 Å². The molecule has 0 N–H and O–H groups in total. The molecule has 2 rings (SSSR count). The molecule has 0 saturated heterocycles. The number of cyclic esters (lactones) is 1. The van der Waals surface area contributed by atoms with E-state index in [1.807, 2.05) is 0 Å². The summed E-state index contributed by atoms with van der Waals surface area (Å²) in [4.78, 5) is 11.7. The van der Waals surface area contributed by atoms with Crippen LogP contribution in [0.15, 0.2) is 49.3 Å². The summed E-state index contributed by atoms with van der Waals surface area (Å²) in [5.41, 5.74) is -0.123. The lowest BCUT2D eigenvalue weighted by molar-refractivity contribution is -0.140. The summed E-state index contributed by atoms with van der Waals surface area (Å²) in [6.45, 7) is 3.63. The Balaban J connectivity index is 2.47. The number of benzene rings is 1. The number of halogens is 1. The molecule has 0 bridgehead atoms. The molecule has 1 unspecified atom stereocenters. The van der Waals surface area contributed by atoms with Crippen molar-refractivity contribution in [3.8, 4) is 0 Å². The maximum Gasteiger partial charge on any atom is 0.325 e. The summed E-state index contributed by atoms with van der Waals surface area (Å²) < 4.78 is 17.7. The van der Waals surface area contributed by atoms with Gasteiger partial charge in [0.25, 0.3) is 0 Å². The third-order valence-corrected chi connectivity index (χ3v) is 2.72. The average molecular weight is 218 g/mol. The van der Waals surface area contributed by atoms with Gasteiger partial charge in [-0.1, -0.05) is 18.2 Å². The van der Waals surface area contributed by atoms with Crippen LogP contribution in [0.4, 0.5) is 4.39 Å². The number of hydrogen-bond donors (Lipinski definition) is 0. The largest absolute Gasteiger partial charge is 0.434 e. The summed E-state index contributed by atoms with van der Waals surface area (Å²) >= 11 is 0. The molecule has 1 atom stereocenters. The number of carbonyl (C=O) groups excluding carboxylic acids is 1. The van der Waals surface area contributed by atoms with Gasteiger partial charge >= 0.3 is 5.97 Å². The minimum Gasteiger partial charge on any atom is -0.434 e. The molecule has 1 aromatic carbocycles. The van der Waals surface area contributed by atoms with E-state index in [1.54, 1.807) is 24.3 Å². The van der Waals surface area contributed by atoms with Gasteiger partial charge in [-0.2, -0.15) is 0 Å². The molecule has 0 saturated carbocycles. The number of rotatable bonds is 3. The summed E-state index contributed by atoms with van der Waals surface area (Å²) in [5.74, 6) is -0.674. The topological polar surface area (TPSA) is 26.3 Å². The second-order valence-electron chi connectivity index (χ2n) is 3.68. The lowest BCUT2D eigenvalue weighted by atomic mass is 9.78. The molecular weight excluding hydrogens is 207 g/mol. The zero-order chi connectivity index (χ0) is 11.6. The molecule has 2 nitrogen and oxygen atoms in total. The predicted molar refractivity (Wildman–Crippen MR) is 58.1 cm³/mol. The van der Waals surface area contributed by atoms with E-state index in [9.17, 15) is 9.18 Å². The van der Waals surface area contributed by atoms with Crippen molar-refractivity contribution in [1.29, 1.82) is 0 Å². The molecule has 82 valence electrons. The summed E-state index contributed by atoms with van der Waals surface area (Å²) in [6, 6.07) is 5.85. The minimum atomic E-state index is -0.838. The van der Waals surface area contributed by atoms with Crippen molar-refractivity contribution < 1.29 is 13.9 Å². The van der Waals surface area contributed by atoms with Gasteiger partial charge in [-0.3, -0.25) is 4.79 Å². The Bertz CT molecular complexity index is 448. The number of esters is 1. The fourth-order valence-corrected chi connectivity index (χ4v) is 1.84. The third-order valence-electron chi connectivity index (χ3n) is 2.72. The average Bonchev–Trinajstić information content (AvgIpc) is 2.63. The molecule has 1 aromatic rings. The number of ether oxygens (including phenoxy) is 1. The van der Waals surface area contributed by atoms with Crippen LogP contribution in [0, 0.1) is 5.82 Å². The quantitative estimate of drug-likeness (QED) is 0.576. The van der Waals surface area contributed by atoms with Crippen LogP contribution >= 0.6 is 0 Å². The highest BCUT2D eigenvalue weighted by molar-refractivity contribution is 5.88. The zero-order valence-corrected chi connectivity index (χ0v) is 8.65. The van der Waals surface area contributed by atoms with Crippen LogP contribution in [-0.2, 0) is 14.9 Å². The third kappa shape index (κ3) is 1.54. The Morgan fingerprint density at radius 2 is 2.06 bits per heavy atom. The van der Waals surface area contributed by atoms with Gasteiger partial charge in [0.2, 0.25) is 0 Å². The summed E-state index contributed by atoms with van der Waals surface area (Å²) in [6.07, 6.45) is 5.15. The smallest absolute Gasteiger partial charge is 0.325 e. The van der Waals surface area contributed by atoms with Crippen LogP contribution in [0.1, 0.15) is 12.0 Å². The van der Waals surface area contributed by atoms with E-state index in [0.29, 0.717) is 12.0 Å². The first-order valence-electron chi connectivity index (χ1n) is 4.95. The first kappa shape index (κ1) is 10.6. The molecule has 1 heterocycles. The number of allylic oxidation sites excluding steroid dienone is 1. The van der Waals surface area contributed by atoms with Gasteiger partial charge in [0.15, 0.2) is 0 Å². The van der Waals surface area contributed by atoms with E-state index >= 15 is 0 Å². The van der Waals surface area contributed by atoms with Gasteiger partial charge in [-0.05, 0) is 30.2 Å². The second kappa shape index (κ2) is 3.93. The fourth-order valence-electron chi connectivity index (χ4n) is 1.84. The Kier molecular flexibility index (Phi) is 2.60. The van der Waals surface area contributed by atoms with Crippen LogP contribution in [0.25, 0.3) is 0 Å². The van der Waals surface area contributed by atoms with Crippen molar-refractivity contribution in [1.82, 2.24) is 0 Å². The molecule has 16 heavy (non-hydrogen) atoms. The SMILES string of the molecule is C=CCC1(c2ccc(F)cc2)C=COC1=O. The van der Waals surface area contributed by atoms with Gasteiger partial charge in [0.05, 0.1) is 6.26 Å². The standard InChI is InChI=1S/C13H11FO2/c1-2-7-13(8-9-16-12(13)15)10-3-5-11(14)6-4-10/h2-6,8-9H,1,7H2. The van der Waals surface area contributed by atoms with Crippen LogP contribution < -0.4 is 0 Å². The highest BCUT2D eigenvalue weighted by atomic mass is 19.1. The van der Waals surface area contributed by atoms with Crippen molar-refractivity contribution in [3.05, 3.63) is 60.6 Å². The van der Waals surface area contributed by atoms with Crippen LogP contribution in [0.5, 0.6) is 0 Å². The fraction of sp³-hybridized carbons (Fsp3) is 0.154. The molecule has 0 amide bonds. The molecule has 0 fully saturated rings. The van der Waals surface area contributed by atoms with E-state index < -0.39 is 5.41 Å². The van der Waals surface area contributed by atoms with Crippen LogP contribution in [0.3, 0.4) is 0 Å². The lowest BCUT2D eigenvalue weighted by Crippen LogP contribution is -2.30. The molecule has 0 spiro atoms. The summed E-state index contributed by atoms with van der Waals surface area (Å²) in [7, 11) is 0. The first-order valence-corrected chi connectivity index (χ1v) is 4.95. The molecule has 3 heteroatoms. The van der Waals surface area contributed by atoms with E-state index in [0.717, 1.165) is 0 Å². The first-order chi connectivity index (χ1) is 7.69. The molecular formula is C13H11FO2. The molecule has 0 aromatic heterocycles. The Hall–Kier alpha value is -1.90. The van der Waals surface area contributed by atoms with E-state index in [4.69, 9.17) is 4.74 Å². The number of carbonyl (C=O) groups is 1. The highest BCUT2D eigenvalue weighted by Gasteiger charge is 2.41. The molecule has 1 aliphatic heterocycles. The monoisotopic (exact) mass is 218 g/mol. The Labute approximate surface area is 93.0 Å². The number of hydrogen-bond acceptors (Lipinski definition) is 2. The molecule has 0 aliphatic carbocycles. The van der Waals surface area contributed by atoms with Crippen LogP contribution in [-0.4, -0.2) is 5.97 Å². The van der Waals surface area contributed by atoms with Gasteiger partial charge in [-0.15, -0.1) is 6.58 Å². The summed E-state index contributed by atoms with van der Waals surface area (Å²) in [5, 5.41) is 0. The van der Waals surface area contributed by atoms with E-state index in [-0.39, 0.29) is 11.8 Å². The van der Waals surface area contributed by atoms with Crippen molar-refractivity contribution in [2.24, 2.45) is 0 Å². The van der Waals surface area contributed by atoms with Crippen LogP contribution in [0.2, 0.25) is 0 Å². The van der Waals surface area contributed by atoms with Crippen molar-refractivity contribution in [3.63, 3.8) is 0 Å². The zero-order valence-electron chi connectivity index (χ0n) is 8.65. The maximum absolute atomic E-state index is 12.8. The molecule has 0 radical (unpaired) electrons. The van der Waals surface area contributed by atoms with Gasteiger partial charge < -0.3 is 4.74 Å². The molecule has 1 aliphatic rings. The normalized spacial score (nSPS) is 23.2. The van der Waals surface area contributed by atoms with Crippen molar-refractivity contribution in [2.75, 3.05) is 0 Å². The van der Waals surface area contributed by atoms with E-state index in [1.165, 1.54) is 18.4 Å². The minimum absolute atomic E-state index is 0.326. The maximum atomic E-state index is 12.8. The van der Waals surface area contributed by atoms with Crippen molar-refractivity contribution in [2.45, 2.75) is 11.8 Å². The predicted octanol–water partition coefficient (Wildman–Crippen LogP) is 2.71. The second-order valence-corrected chi connectivity index (χ2v) is 3.68. The Morgan fingerprint density at radius 3 is 2.56 bits per heavy atom. The van der Waals surface area contributed by atoms with Gasteiger partial charge in [0, 0.05) is 0 Å². The van der Waals surface area contributed by atoms with E-state index in [2.05, 4.69) is 6.58 Å². The highest BCUT2D eigenvalue weighted by Crippen LogP contribution is 2.35. The van der Waals surface area contributed by atoms with Gasteiger partial charge in [0.1, 0.15) is 11.2 Å². The Morgan fingerprint density at radius 1 is 1.38 bits per heavy atom. The van der Waals surface area contributed by atoms with Gasteiger partial charge in [-0.25, -0.2) is 4.39 Å². The lowest BCUT2D eigenvalue weighted by Gasteiger charge is -2.22.